The van der Waals surface area contributed by atoms with Crippen LogP contribution in [0, 0.1) is 5.92 Å². The van der Waals surface area contributed by atoms with Crippen LogP contribution in [0.2, 0.25) is 0 Å². The lowest BCUT2D eigenvalue weighted by Crippen LogP contribution is -2.34. The van der Waals surface area contributed by atoms with Crippen molar-refractivity contribution in [3.05, 3.63) is 52.8 Å². The van der Waals surface area contributed by atoms with Gasteiger partial charge in [-0.1, -0.05) is 18.2 Å². The number of fused-ring (bicyclic) bond motifs is 1. The first-order valence-electron chi connectivity index (χ1n) is 9.28. The zero-order valence-electron chi connectivity index (χ0n) is 14.5. The van der Waals surface area contributed by atoms with E-state index in [-0.39, 0.29) is 0 Å². The van der Waals surface area contributed by atoms with Crippen molar-refractivity contribution in [2.75, 3.05) is 13.1 Å². The smallest absolute Gasteiger partial charge is 0.335 e. The number of carboxylic acid groups (broad SMARTS) is 1. The first kappa shape index (κ1) is 16.3. The molecule has 1 fully saturated rings. The summed E-state index contributed by atoms with van der Waals surface area (Å²) in [5.41, 5.74) is 4.26. The largest absolute Gasteiger partial charge is 0.478 e. The van der Waals surface area contributed by atoms with Gasteiger partial charge in [-0.2, -0.15) is 5.10 Å². The van der Waals surface area contributed by atoms with E-state index in [9.17, 15) is 9.90 Å². The molecular formula is C20H25N3O2. The van der Waals surface area contributed by atoms with Gasteiger partial charge in [-0.3, -0.25) is 9.58 Å². The standard InChI is InChI=1S/C20H25N3O2/c24-20(25)18-5-2-1-4-16(18)12-15-7-10-22(11-8-15)14-17-13-21-23-9-3-6-19(17)23/h1-2,4-5,13,15H,3,6-12,14H2,(H,24,25). The zero-order chi connectivity index (χ0) is 17.2. The molecule has 1 aromatic heterocycles. The topological polar surface area (TPSA) is 58.4 Å². The van der Waals surface area contributed by atoms with Crippen molar-refractivity contribution in [2.24, 2.45) is 5.92 Å². The van der Waals surface area contributed by atoms with E-state index in [0.29, 0.717) is 11.5 Å². The van der Waals surface area contributed by atoms with E-state index < -0.39 is 5.97 Å². The fourth-order valence-electron chi connectivity index (χ4n) is 4.27. The number of carboxylic acids is 1. The number of aryl methyl sites for hydroxylation is 1. The number of hydrogen-bond donors (Lipinski definition) is 1. The Hall–Kier alpha value is -2.14. The maximum absolute atomic E-state index is 11.4. The summed E-state index contributed by atoms with van der Waals surface area (Å²) in [5.74, 6) is -0.238. The van der Waals surface area contributed by atoms with E-state index in [1.165, 1.54) is 17.7 Å². The molecule has 5 heteroatoms. The van der Waals surface area contributed by atoms with Crippen molar-refractivity contribution in [2.45, 2.75) is 45.2 Å². The van der Waals surface area contributed by atoms with Crippen molar-refractivity contribution < 1.29 is 9.90 Å². The van der Waals surface area contributed by atoms with Gasteiger partial charge in [0, 0.05) is 24.3 Å². The Morgan fingerprint density at radius 3 is 2.76 bits per heavy atom. The minimum Gasteiger partial charge on any atom is -0.478 e. The highest BCUT2D eigenvalue weighted by molar-refractivity contribution is 5.89. The number of aromatic nitrogens is 2. The van der Waals surface area contributed by atoms with Gasteiger partial charge in [0.1, 0.15) is 0 Å². The van der Waals surface area contributed by atoms with E-state index in [0.717, 1.165) is 57.4 Å². The average Bonchev–Trinajstić information content (AvgIpc) is 3.22. The predicted molar refractivity (Wildman–Crippen MR) is 95.7 cm³/mol. The molecule has 0 spiro atoms. The van der Waals surface area contributed by atoms with Gasteiger partial charge >= 0.3 is 5.97 Å². The van der Waals surface area contributed by atoms with Crippen molar-refractivity contribution in [3.8, 4) is 0 Å². The second-order valence-corrected chi connectivity index (χ2v) is 7.33. The average molecular weight is 339 g/mol. The Bertz CT molecular complexity index is 760. The van der Waals surface area contributed by atoms with Crippen LogP contribution in [0.5, 0.6) is 0 Å². The molecule has 0 saturated carbocycles. The molecule has 132 valence electrons. The summed E-state index contributed by atoms with van der Waals surface area (Å²) in [6.07, 6.45) is 7.58. The van der Waals surface area contributed by atoms with Crippen LogP contribution in [0.15, 0.2) is 30.5 Å². The van der Waals surface area contributed by atoms with Crippen LogP contribution in [0.25, 0.3) is 0 Å². The van der Waals surface area contributed by atoms with E-state index >= 15 is 0 Å². The van der Waals surface area contributed by atoms with Crippen LogP contribution >= 0.6 is 0 Å². The first-order chi connectivity index (χ1) is 12.2. The second kappa shape index (κ2) is 7.00. The molecule has 3 heterocycles. The normalized spacial score (nSPS) is 18.4. The fourth-order valence-corrected chi connectivity index (χ4v) is 4.27. The van der Waals surface area contributed by atoms with Crippen LogP contribution in [-0.4, -0.2) is 38.8 Å². The van der Waals surface area contributed by atoms with Gasteiger partial charge in [0.05, 0.1) is 11.8 Å². The van der Waals surface area contributed by atoms with Crippen molar-refractivity contribution in [1.82, 2.24) is 14.7 Å². The predicted octanol–water partition coefficient (Wildman–Crippen LogP) is 2.98. The molecule has 2 aliphatic heterocycles. The molecule has 0 radical (unpaired) electrons. The number of nitrogens with zero attached hydrogens (tertiary/aromatic N) is 3. The van der Waals surface area contributed by atoms with Crippen LogP contribution in [0.4, 0.5) is 0 Å². The Labute approximate surface area is 148 Å². The number of rotatable bonds is 5. The second-order valence-electron chi connectivity index (χ2n) is 7.33. The molecule has 0 bridgehead atoms. The third-order valence-corrected chi connectivity index (χ3v) is 5.68. The number of hydrogen-bond acceptors (Lipinski definition) is 3. The maximum Gasteiger partial charge on any atom is 0.335 e. The maximum atomic E-state index is 11.4. The summed E-state index contributed by atoms with van der Waals surface area (Å²) in [7, 11) is 0. The van der Waals surface area contributed by atoms with Gasteiger partial charge in [0.25, 0.3) is 0 Å². The summed E-state index contributed by atoms with van der Waals surface area (Å²) in [5, 5.41) is 13.8. The third kappa shape index (κ3) is 3.47. The Balaban J connectivity index is 1.33. The number of piperidine rings is 1. The fraction of sp³-hybridized carbons (Fsp3) is 0.500. The zero-order valence-corrected chi connectivity index (χ0v) is 14.5. The number of carbonyl (C=O) groups is 1. The molecule has 0 atom stereocenters. The van der Waals surface area contributed by atoms with Gasteiger partial charge < -0.3 is 5.11 Å². The van der Waals surface area contributed by atoms with Gasteiger partial charge in [0.15, 0.2) is 0 Å². The lowest BCUT2D eigenvalue weighted by molar-refractivity contribution is 0.0695. The minimum atomic E-state index is -0.817. The molecular weight excluding hydrogens is 314 g/mol. The highest BCUT2D eigenvalue weighted by Gasteiger charge is 2.23. The third-order valence-electron chi connectivity index (χ3n) is 5.68. The SMILES string of the molecule is O=C(O)c1ccccc1CC1CCN(Cc2cnn3c2CCC3)CC1. The molecule has 2 aromatic rings. The molecule has 1 aromatic carbocycles. The first-order valence-corrected chi connectivity index (χ1v) is 9.28. The van der Waals surface area contributed by atoms with Gasteiger partial charge in [-0.05, 0) is 62.7 Å². The van der Waals surface area contributed by atoms with Crippen LogP contribution in [0.3, 0.4) is 0 Å². The number of aromatic carboxylic acids is 1. The monoisotopic (exact) mass is 339 g/mol. The number of likely N-dealkylation sites (tertiary alicyclic amines) is 1. The minimum absolute atomic E-state index is 0.459. The van der Waals surface area contributed by atoms with Crippen molar-refractivity contribution in [1.29, 1.82) is 0 Å². The molecule has 0 unspecified atom stereocenters. The molecule has 5 nitrogen and oxygen atoms in total. The van der Waals surface area contributed by atoms with Gasteiger partial charge in [-0.15, -0.1) is 0 Å². The summed E-state index contributed by atoms with van der Waals surface area (Å²) in [6.45, 7) is 4.25. The molecule has 2 aliphatic rings. The highest BCUT2D eigenvalue weighted by Crippen LogP contribution is 2.26. The van der Waals surface area contributed by atoms with E-state index in [4.69, 9.17) is 0 Å². The Morgan fingerprint density at radius 1 is 1.16 bits per heavy atom. The van der Waals surface area contributed by atoms with Crippen LogP contribution < -0.4 is 0 Å². The van der Waals surface area contributed by atoms with Gasteiger partial charge in [-0.25, -0.2) is 4.79 Å². The van der Waals surface area contributed by atoms with Crippen molar-refractivity contribution >= 4 is 5.97 Å². The number of benzene rings is 1. The van der Waals surface area contributed by atoms with Crippen LogP contribution in [0.1, 0.15) is 46.4 Å². The molecule has 4 rings (SSSR count). The van der Waals surface area contributed by atoms with Crippen LogP contribution in [-0.2, 0) is 25.9 Å². The molecule has 0 aliphatic carbocycles. The summed E-state index contributed by atoms with van der Waals surface area (Å²) in [4.78, 5) is 13.9. The summed E-state index contributed by atoms with van der Waals surface area (Å²) < 4.78 is 2.16. The molecule has 0 amide bonds. The van der Waals surface area contributed by atoms with E-state index in [1.54, 1.807) is 12.1 Å². The highest BCUT2D eigenvalue weighted by atomic mass is 16.4. The lowest BCUT2D eigenvalue weighted by atomic mass is 9.88. The van der Waals surface area contributed by atoms with Crippen molar-refractivity contribution in [3.63, 3.8) is 0 Å². The molecule has 1 saturated heterocycles. The molecule has 1 N–H and O–H groups in total. The summed E-state index contributed by atoms with van der Waals surface area (Å²) in [6, 6.07) is 7.43. The van der Waals surface area contributed by atoms with E-state index in [2.05, 4.69) is 14.7 Å². The van der Waals surface area contributed by atoms with E-state index in [1.807, 2.05) is 18.3 Å². The Kier molecular flexibility index (Phi) is 4.57. The molecule has 25 heavy (non-hydrogen) atoms. The summed E-state index contributed by atoms with van der Waals surface area (Å²) >= 11 is 0. The Morgan fingerprint density at radius 2 is 1.96 bits per heavy atom. The van der Waals surface area contributed by atoms with Gasteiger partial charge in [0.2, 0.25) is 0 Å². The quantitative estimate of drug-likeness (QED) is 0.910. The lowest BCUT2D eigenvalue weighted by Gasteiger charge is -2.32.